The molecule has 3 N–H and O–H groups in total. The quantitative estimate of drug-likeness (QED) is 0.867. The summed E-state index contributed by atoms with van der Waals surface area (Å²) in [5.74, 6) is -0.280. The molecule has 0 aromatic heterocycles. The predicted molar refractivity (Wildman–Crippen MR) is 86.8 cm³/mol. The number of nitrogens with two attached hydrogens (primary N) is 1. The molecule has 2 aromatic rings. The fourth-order valence-electron chi connectivity index (χ4n) is 2.52. The highest BCUT2D eigenvalue weighted by Gasteiger charge is 2.31. The Morgan fingerprint density at radius 3 is 2.62 bits per heavy atom. The number of rotatable bonds is 5. The molecule has 2 rings (SSSR count). The summed E-state index contributed by atoms with van der Waals surface area (Å²) in [4.78, 5) is 0. The molecule has 0 aliphatic rings. The van der Waals surface area contributed by atoms with Gasteiger partial charge in [0.2, 0.25) is 0 Å². The summed E-state index contributed by atoms with van der Waals surface area (Å²) in [6.07, 6.45) is 0.356. The Morgan fingerprint density at radius 2 is 2.00 bits per heavy atom. The van der Waals surface area contributed by atoms with E-state index < -0.39 is 5.41 Å². The van der Waals surface area contributed by atoms with Gasteiger partial charge in [0, 0.05) is 16.4 Å². The number of benzene rings is 2. The Hall–Kier alpha value is -1.23. The first-order chi connectivity index (χ1) is 10.0. The number of aliphatic hydroxyl groups is 1. The van der Waals surface area contributed by atoms with Crippen LogP contribution in [0.4, 0.5) is 4.39 Å². The van der Waals surface area contributed by atoms with Crippen LogP contribution in [0.2, 0.25) is 0 Å². The van der Waals surface area contributed by atoms with Crippen molar-refractivity contribution < 1.29 is 9.50 Å². The van der Waals surface area contributed by atoms with Gasteiger partial charge < -0.3 is 10.8 Å². The van der Waals surface area contributed by atoms with E-state index in [4.69, 9.17) is 5.73 Å². The van der Waals surface area contributed by atoms with Crippen molar-refractivity contribution in [1.82, 2.24) is 0 Å². The van der Waals surface area contributed by atoms with Crippen molar-refractivity contribution >= 4 is 15.9 Å². The third kappa shape index (κ3) is 3.51. The Balaban J connectivity index is 2.45. The van der Waals surface area contributed by atoms with Gasteiger partial charge in [0.1, 0.15) is 5.82 Å². The second-order valence-corrected chi connectivity index (χ2v) is 6.34. The molecule has 2 nitrogen and oxygen atoms in total. The van der Waals surface area contributed by atoms with Crippen molar-refractivity contribution in [2.24, 2.45) is 5.73 Å². The number of aliphatic hydroxyl groups excluding tert-OH is 1. The summed E-state index contributed by atoms with van der Waals surface area (Å²) >= 11 is 3.36. The Bertz CT molecular complexity index is 626. The summed E-state index contributed by atoms with van der Waals surface area (Å²) in [5.41, 5.74) is 7.84. The molecule has 1 atom stereocenters. The molecule has 112 valence electrons. The van der Waals surface area contributed by atoms with Crippen molar-refractivity contribution in [1.29, 1.82) is 0 Å². The van der Waals surface area contributed by atoms with Gasteiger partial charge in [-0.05, 0) is 42.7 Å². The minimum Gasteiger partial charge on any atom is -0.395 e. The minimum atomic E-state index is -0.673. The number of halogens is 2. The molecule has 0 saturated heterocycles. The molecule has 4 heteroatoms. The molecule has 0 bridgehead atoms. The maximum absolute atomic E-state index is 14.0. The van der Waals surface area contributed by atoms with Gasteiger partial charge in [-0.25, -0.2) is 4.39 Å². The predicted octanol–water partition coefficient (Wildman–Crippen LogP) is 3.33. The van der Waals surface area contributed by atoms with E-state index in [0.717, 1.165) is 15.6 Å². The van der Waals surface area contributed by atoms with E-state index in [2.05, 4.69) is 15.9 Å². The molecule has 0 spiro atoms. The Labute approximate surface area is 132 Å². The molecule has 0 aliphatic carbocycles. The van der Waals surface area contributed by atoms with Crippen LogP contribution in [0.5, 0.6) is 0 Å². The monoisotopic (exact) mass is 351 g/mol. The number of hydrogen-bond donors (Lipinski definition) is 2. The average Bonchev–Trinajstić information content (AvgIpc) is 2.48. The molecule has 0 fully saturated rings. The van der Waals surface area contributed by atoms with Gasteiger partial charge in [-0.15, -0.1) is 0 Å². The van der Waals surface area contributed by atoms with Crippen molar-refractivity contribution in [3.05, 3.63) is 69.4 Å². The smallest absolute Gasteiger partial charge is 0.126 e. The fourth-order valence-corrected chi connectivity index (χ4v) is 2.93. The van der Waals surface area contributed by atoms with Crippen LogP contribution >= 0.6 is 15.9 Å². The first-order valence-corrected chi connectivity index (χ1v) is 7.62. The van der Waals surface area contributed by atoms with Crippen LogP contribution in [-0.2, 0) is 11.8 Å². The average molecular weight is 352 g/mol. The van der Waals surface area contributed by atoms with Crippen molar-refractivity contribution in [2.75, 3.05) is 13.2 Å². The summed E-state index contributed by atoms with van der Waals surface area (Å²) in [7, 11) is 0. The number of aryl methyl sites for hydroxylation is 1. The number of hydrogen-bond acceptors (Lipinski definition) is 2. The van der Waals surface area contributed by atoms with Gasteiger partial charge in [0.15, 0.2) is 0 Å². The van der Waals surface area contributed by atoms with Crippen LogP contribution in [0.1, 0.15) is 16.7 Å². The Morgan fingerprint density at radius 1 is 1.24 bits per heavy atom. The summed E-state index contributed by atoms with van der Waals surface area (Å²) in [6, 6.07) is 12.7. The maximum atomic E-state index is 14.0. The van der Waals surface area contributed by atoms with Gasteiger partial charge in [-0.1, -0.05) is 45.8 Å². The van der Waals surface area contributed by atoms with Gasteiger partial charge in [0.05, 0.1) is 6.61 Å². The van der Waals surface area contributed by atoms with E-state index in [1.165, 1.54) is 6.07 Å². The lowest BCUT2D eigenvalue weighted by molar-refractivity contribution is 0.195. The van der Waals surface area contributed by atoms with Gasteiger partial charge in [-0.2, -0.15) is 0 Å². The van der Waals surface area contributed by atoms with Crippen LogP contribution in [-0.4, -0.2) is 18.3 Å². The summed E-state index contributed by atoms with van der Waals surface area (Å²) in [5, 5.41) is 9.93. The molecule has 0 radical (unpaired) electrons. The molecular weight excluding hydrogens is 333 g/mol. The van der Waals surface area contributed by atoms with E-state index in [-0.39, 0.29) is 19.0 Å². The molecule has 0 aliphatic heterocycles. The van der Waals surface area contributed by atoms with E-state index in [0.29, 0.717) is 12.0 Å². The third-order valence-electron chi connectivity index (χ3n) is 3.86. The molecule has 1 unspecified atom stereocenters. The van der Waals surface area contributed by atoms with Crippen molar-refractivity contribution in [3.8, 4) is 0 Å². The van der Waals surface area contributed by atoms with Crippen LogP contribution in [0.3, 0.4) is 0 Å². The first kappa shape index (κ1) is 16.1. The second-order valence-electron chi connectivity index (χ2n) is 5.42. The van der Waals surface area contributed by atoms with E-state index in [1.807, 2.05) is 31.2 Å². The maximum Gasteiger partial charge on any atom is 0.126 e. The van der Waals surface area contributed by atoms with E-state index in [9.17, 15) is 9.50 Å². The molecule has 21 heavy (non-hydrogen) atoms. The molecular formula is C17H19BrFNO. The summed E-state index contributed by atoms with van der Waals surface area (Å²) in [6.45, 7) is 2.11. The standard InChI is InChI=1S/C17H19BrFNO/c1-12-3-2-4-14(7-12)17(10-20,11-21)9-13-8-15(18)5-6-16(13)19/h2-8,21H,9-11,20H2,1H3. The van der Waals surface area contributed by atoms with Gasteiger partial charge in [-0.3, -0.25) is 0 Å². The first-order valence-electron chi connectivity index (χ1n) is 6.83. The molecule has 0 saturated carbocycles. The van der Waals surface area contributed by atoms with Crippen molar-refractivity contribution in [2.45, 2.75) is 18.8 Å². The van der Waals surface area contributed by atoms with Crippen LogP contribution in [0.15, 0.2) is 46.9 Å². The summed E-state index contributed by atoms with van der Waals surface area (Å²) < 4.78 is 14.8. The van der Waals surface area contributed by atoms with Crippen molar-refractivity contribution in [3.63, 3.8) is 0 Å². The largest absolute Gasteiger partial charge is 0.395 e. The van der Waals surface area contributed by atoms with Crippen LogP contribution in [0, 0.1) is 12.7 Å². The molecule has 0 heterocycles. The highest BCUT2D eigenvalue weighted by atomic mass is 79.9. The zero-order valence-corrected chi connectivity index (χ0v) is 13.5. The SMILES string of the molecule is Cc1cccc(C(CN)(CO)Cc2cc(Br)ccc2F)c1. The van der Waals surface area contributed by atoms with Crippen LogP contribution < -0.4 is 5.73 Å². The lowest BCUT2D eigenvalue weighted by Crippen LogP contribution is -2.41. The molecule has 0 amide bonds. The zero-order valence-electron chi connectivity index (χ0n) is 11.9. The third-order valence-corrected chi connectivity index (χ3v) is 4.35. The normalized spacial score (nSPS) is 14.0. The fraction of sp³-hybridized carbons (Fsp3) is 0.294. The van der Waals surface area contributed by atoms with E-state index >= 15 is 0 Å². The Kier molecular flexibility index (Phi) is 5.14. The minimum absolute atomic E-state index is 0.126. The van der Waals surface area contributed by atoms with Gasteiger partial charge in [0.25, 0.3) is 0 Å². The van der Waals surface area contributed by atoms with Gasteiger partial charge >= 0.3 is 0 Å². The second kappa shape index (κ2) is 6.69. The highest BCUT2D eigenvalue weighted by molar-refractivity contribution is 9.10. The lowest BCUT2D eigenvalue weighted by atomic mass is 9.75. The highest BCUT2D eigenvalue weighted by Crippen LogP contribution is 2.30. The van der Waals surface area contributed by atoms with Crippen LogP contribution in [0.25, 0.3) is 0 Å². The van der Waals surface area contributed by atoms with E-state index in [1.54, 1.807) is 12.1 Å². The lowest BCUT2D eigenvalue weighted by Gasteiger charge is -2.32. The zero-order chi connectivity index (χ0) is 15.5. The topological polar surface area (TPSA) is 46.2 Å². The molecule has 2 aromatic carbocycles.